The second-order valence-corrected chi connectivity index (χ2v) is 7.83. The molecule has 3 aromatic rings. The van der Waals surface area contributed by atoms with Gasteiger partial charge in [0.2, 0.25) is 0 Å². The van der Waals surface area contributed by atoms with Crippen molar-refractivity contribution in [2.24, 2.45) is 0 Å². The molecule has 0 fully saturated rings. The minimum absolute atomic E-state index is 0.119. The monoisotopic (exact) mass is 372 g/mol. The van der Waals surface area contributed by atoms with Crippen molar-refractivity contribution >= 4 is 21.5 Å². The van der Waals surface area contributed by atoms with E-state index in [1.165, 1.54) is 34.7 Å². The number of nitrogens with zero attached hydrogens (tertiary/aromatic N) is 2. The third-order valence-electron chi connectivity index (χ3n) is 3.80. The SMILES string of the molecule is Cc1cccc2nc(COC(=O)c3ccc(S(C)(=O)=O)cc3)cc(=O)n12. The summed E-state index contributed by atoms with van der Waals surface area (Å²) in [4.78, 5) is 28.7. The molecule has 0 aliphatic rings. The highest BCUT2D eigenvalue weighted by Crippen LogP contribution is 2.12. The Morgan fingerprint density at radius 2 is 1.85 bits per heavy atom. The van der Waals surface area contributed by atoms with Crippen LogP contribution in [0.4, 0.5) is 0 Å². The maximum absolute atomic E-state index is 12.2. The van der Waals surface area contributed by atoms with E-state index in [0.29, 0.717) is 11.3 Å². The summed E-state index contributed by atoms with van der Waals surface area (Å²) in [6.45, 7) is 1.64. The third kappa shape index (κ3) is 3.65. The van der Waals surface area contributed by atoms with E-state index < -0.39 is 15.8 Å². The molecule has 0 N–H and O–H groups in total. The first-order chi connectivity index (χ1) is 12.3. The number of hydrogen-bond acceptors (Lipinski definition) is 6. The summed E-state index contributed by atoms with van der Waals surface area (Å²) in [5.74, 6) is -0.628. The minimum atomic E-state index is -3.33. The van der Waals surface area contributed by atoms with E-state index in [1.807, 2.05) is 0 Å². The zero-order chi connectivity index (χ0) is 18.9. The van der Waals surface area contributed by atoms with Crippen molar-refractivity contribution in [3.63, 3.8) is 0 Å². The Morgan fingerprint density at radius 1 is 1.15 bits per heavy atom. The van der Waals surface area contributed by atoms with Crippen molar-refractivity contribution in [1.29, 1.82) is 0 Å². The molecule has 2 aromatic heterocycles. The van der Waals surface area contributed by atoms with E-state index >= 15 is 0 Å². The van der Waals surface area contributed by atoms with Gasteiger partial charge < -0.3 is 4.74 Å². The van der Waals surface area contributed by atoms with Gasteiger partial charge in [-0.1, -0.05) is 6.07 Å². The van der Waals surface area contributed by atoms with Crippen LogP contribution in [0.3, 0.4) is 0 Å². The van der Waals surface area contributed by atoms with E-state index in [4.69, 9.17) is 4.74 Å². The Balaban J connectivity index is 1.77. The molecular weight excluding hydrogens is 356 g/mol. The fourth-order valence-corrected chi connectivity index (χ4v) is 3.13. The molecule has 0 bridgehead atoms. The molecular formula is C18H16N2O5S. The zero-order valence-corrected chi connectivity index (χ0v) is 15.0. The summed E-state index contributed by atoms with van der Waals surface area (Å²) in [6.07, 6.45) is 1.09. The Bertz CT molecular complexity index is 1150. The van der Waals surface area contributed by atoms with Crippen LogP contribution in [0.2, 0.25) is 0 Å². The summed E-state index contributed by atoms with van der Waals surface area (Å²) in [7, 11) is -3.33. The van der Waals surface area contributed by atoms with Crippen LogP contribution in [0.15, 0.2) is 58.2 Å². The molecule has 2 heterocycles. The van der Waals surface area contributed by atoms with Crippen molar-refractivity contribution in [1.82, 2.24) is 9.38 Å². The zero-order valence-electron chi connectivity index (χ0n) is 14.2. The standard InChI is InChI=1S/C18H16N2O5S/c1-12-4-3-5-16-19-14(10-17(21)20(12)16)11-25-18(22)13-6-8-15(9-7-13)26(2,23)24/h3-10H,11H2,1-2H3. The summed E-state index contributed by atoms with van der Waals surface area (Å²) >= 11 is 0. The van der Waals surface area contributed by atoms with E-state index in [9.17, 15) is 18.0 Å². The smallest absolute Gasteiger partial charge is 0.338 e. The van der Waals surface area contributed by atoms with Crippen LogP contribution in [0, 0.1) is 6.92 Å². The van der Waals surface area contributed by atoms with Crippen LogP contribution >= 0.6 is 0 Å². The molecule has 0 radical (unpaired) electrons. The summed E-state index contributed by atoms with van der Waals surface area (Å²) in [6, 6.07) is 12.1. The van der Waals surface area contributed by atoms with Gasteiger partial charge in [-0.05, 0) is 43.3 Å². The fourth-order valence-electron chi connectivity index (χ4n) is 2.50. The number of sulfone groups is 1. The number of ether oxygens (including phenoxy) is 1. The van der Waals surface area contributed by atoms with Gasteiger partial charge in [-0.3, -0.25) is 9.20 Å². The highest BCUT2D eigenvalue weighted by Gasteiger charge is 2.12. The average molecular weight is 372 g/mol. The lowest BCUT2D eigenvalue weighted by Gasteiger charge is -2.08. The number of hydrogen-bond donors (Lipinski definition) is 0. The normalized spacial score (nSPS) is 11.5. The average Bonchev–Trinajstić information content (AvgIpc) is 2.59. The van der Waals surface area contributed by atoms with Gasteiger partial charge in [0, 0.05) is 18.0 Å². The quantitative estimate of drug-likeness (QED) is 0.648. The van der Waals surface area contributed by atoms with Gasteiger partial charge in [-0.15, -0.1) is 0 Å². The molecule has 0 amide bonds. The molecule has 3 rings (SSSR count). The maximum Gasteiger partial charge on any atom is 0.338 e. The molecule has 26 heavy (non-hydrogen) atoms. The summed E-state index contributed by atoms with van der Waals surface area (Å²) in [5.41, 5.74) is 1.53. The van der Waals surface area contributed by atoms with E-state index in [0.717, 1.165) is 11.9 Å². The summed E-state index contributed by atoms with van der Waals surface area (Å²) < 4.78 is 29.5. The largest absolute Gasteiger partial charge is 0.456 e. The Hall–Kier alpha value is -3.00. The Kier molecular flexibility index (Phi) is 4.60. The van der Waals surface area contributed by atoms with Crippen molar-refractivity contribution in [3.05, 3.63) is 75.8 Å². The van der Waals surface area contributed by atoms with Crippen molar-refractivity contribution in [3.8, 4) is 0 Å². The molecule has 1 aromatic carbocycles. The Labute approximate surface area is 149 Å². The lowest BCUT2D eigenvalue weighted by atomic mass is 10.2. The predicted molar refractivity (Wildman–Crippen MR) is 94.9 cm³/mol. The number of carbonyl (C=O) groups excluding carboxylic acids is 1. The molecule has 0 saturated carbocycles. The second-order valence-electron chi connectivity index (χ2n) is 5.82. The molecule has 0 spiro atoms. The number of aryl methyl sites for hydroxylation is 1. The fraction of sp³-hybridized carbons (Fsp3) is 0.167. The first kappa shape index (κ1) is 17.8. The number of benzene rings is 1. The minimum Gasteiger partial charge on any atom is -0.456 e. The van der Waals surface area contributed by atoms with Crippen LogP contribution in [-0.4, -0.2) is 30.0 Å². The van der Waals surface area contributed by atoms with Crippen LogP contribution < -0.4 is 5.56 Å². The molecule has 0 saturated heterocycles. The van der Waals surface area contributed by atoms with Crippen LogP contribution in [0.25, 0.3) is 5.65 Å². The molecule has 7 nitrogen and oxygen atoms in total. The number of fused-ring (bicyclic) bond motifs is 1. The number of aromatic nitrogens is 2. The summed E-state index contributed by atoms with van der Waals surface area (Å²) in [5, 5.41) is 0. The van der Waals surface area contributed by atoms with Gasteiger partial charge in [0.25, 0.3) is 5.56 Å². The lowest BCUT2D eigenvalue weighted by molar-refractivity contribution is 0.0467. The molecule has 0 atom stereocenters. The van der Waals surface area contributed by atoms with E-state index in [1.54, 1.807) is 25.1 Å². The number of esters is 1. The van der Waals surface area contributed by atoms with Gasteiger partial charge >= 0.3 is 5.97 Å². The van der Waals surface area contributed by atoms with Crippen LogP contribution in [-0.2, 0) is 21.2 Å². The van der Waals surface area contributed by atoms with Gasteiger partial charge in [-0.2, -0.15) is 0 Å². The maximum atomic E-state index is 12.2. The second kappa shape index (κ2) is 6.72. The van der Waals surface area contributed by atoms with Gasteiger partial charge in [0.15, 0.2) is 9.84 Å². The highest BCUT2D eigenvalue weighted by molar-refractivity contribution is 7.90. The van der Waals surface area contributed by atoms with Crippen molar-refractivity contribution < 1.29 is 17.9 Å². The lowest BCUT2D eigenvalue weighted by Crippen LogP contribution is -2.18. The number of pyridine rings is 1. The van der Waals surface area contributed by atoms with Gasteiger partial charge in [-0.25, -0.2) is 18.2 Å². The molecule has 8 heteroatoms. The molecule has 0 aliphatic carbocycles. The predicted octanol–water partition coefficient (Wildman–Crippen LogP) is 1.76. The van der Waals surface area contributed by atoms with Crippen molar-refractivity contribution in [2.75, 3.05) is 6.26 Å². The van der Waals surface area contributed by atoms with Crippen LogP contribution in [0.1, 0.15) is 21.7 Å². The van der Waals surface area contributed by atoms with Crippen LogP contribution in [0.5, 0.6) is 0 Å². The van der Waals surface area contributed by atoms with Crippen molar-refractivity contribution in [2.45, 2.75) is 18.4 Å². The molecule has 0 unspecified atom stereocenters. The van der Waals surface area contributed by atoms with Gasteiger partial charge in [0.05, 0.1) is 16.2 Å². The molecule has 0 aliphatic heterocycles. The Morgan fingerprint density at radius 3 is 2.50 bits per heavy atom. The molecule has 134 valence electrons. The number of rotatable bonds is 4. The van der Waals surface area contributed by atoms with E-state index in [2.05, 4.69) is 4.98 Å². The first-order valence-electron chi connectivity index (χ1n) is 7.71. The number of carbonyl (C=O) groups is 1. The first-order valence-corrected chi connectivity index (χ1v) is 9.60. The van der Waals surface area contributed by atoms with E-state index in [-0.39, 0.29) is 22.6 Å². The highest BCUT2D eigenvalue weighted by atomic mass is 32.2. The topological polar surface area (TPSA) is 94.8 Å². The third-order valence-corrected chi connectivity index (χ3v) is 4.93. The van der Waals surface area contributed by atoms with Gasteiger partial charge in [0.1, 0.15) is 12.3 Å².